The van der Waals surface area contributed by atoms with Gasteiger partial charge in [-0.1, -0.05) is 30.3 Å². The molecule has 2 N–H and O–H groups in total. The molecule has 0 atom stereocenters. The van der Waals surface area contributed by atoms with Gasteiger partial charge in [-0.05, 0) is 12.2 Å². The molecule has 17 heavy (non-hydrogen) atoms. The Morgan fingerprint density at radius 1 is 1.35 bits per heavy atom. The van der Waals surface area contributed by atoms with Crippen molar-refractivity contribution in [1.29, 1.82) is 5.26 Å². The highest BCUT2D eigenvalue weighted by Gasteiger charge is 2.09. The van der Waals surface area contributed by atoms with Crippen LogP contribution in [0, 0.1) is 16.1 Å². The van der Waals surface area contributed by atoms with Gasteiger partial charge in [0.2, 0.25) is 4.77 Å². The zero-order valence-electron chi connectivity index (χ0n) is 9.08. The molecule has 0 radical (unpaired) electrons. The van der Waals surface area contributed by atoms with Gasteiger partial charge in [-0.15, -0.1) is 5.10 Å². The second-order valence-electron chi connectivity index (χ2n) is 3.47. The van der Waals surface area contributed by atoms with E-state index >= 15 is 0 Å². The van der Waals surface area contributed by atoms with Gasteiger partial charge in [0, 0.05) is 5.56 Å². The number of hydrogen-bond acceptors (Lipinski definition) is 4. The summed E-state index contributed by atoms with van der Waals surface area (Å²) in [6, 6.07) is 11.6. The van der Waals surface area contributed by atoms with Crippen molar-refractivity contribution < 1.29 is 0 Å². The van der Waals surface area contributed by atoms with E-state index in [2.05, 4.69) is 11.2 Å². The van der Waals surface area contributed by atoms with Crippen molar-refractivity contribution in [2.75, 3.05) is 5.84 Å². The smallest absolute Gasteiger partial charge is 0.217 e. The number of nitrogen functional groups attached to an aromatic ring is 1. The van der Waals surface area contributed by atoms with E-state index in [9.17, 15) is 0 Å². The molecule has 0 aliphatic heterocycles. The highest BCUT2D eigenvalue weighted by Crippen LogP contribution is 2.15. The standard InChI is InChI=1S/C11H11N5S/c12-7-4-8-15-11(17)16(13)10(14-15)9-5-2-1-3-6-9/h1-3,5-6H,4,8,13H2. The zero-order valence-corrected chi connectivity index (χ0v) is 9.89. The molecule has 6 heteroatoms. The van der Waals surface area contributed by atoms with E-state index in [1.165, 1.54) is 4.68 Å². The average Bonchev–Trinajstić information content (AvgIpc) is 2.65. The molecule has 0 bridgehead atoms. The van der Waals surface area contributed by atoms with Gasteiger partial charge in [-0.2, -0.15) is 5.26 Å². The van der Waals surface area contributed by atoms with Gasteiger partial charge in [-0.25, -0.2) is 9.36 Å². The van der Waals surface area contributed by atoms with Crippen LogP contribution < -0.4 is 5.84 Å². The van der Waals surface area contributed by atoms with E-state index in [-0.39, 0.29) is 0 Å². The predicted molar refractivity (Wildman–Crippen MR) is 66.9 cm³/mol. The molecule has 0 saturated heterocycles. The summed E-state index contributed by atoms with van der Waals surface area (Å²) in [6.07, 6.45) is 0.361. The Kier molecular flexibility index (Phi) is 3.21. The number of nitrogens with two attached hydrogens (primary N) is 1. The molecule has 1 aromatic carbocycles. The summed E-state index contributed by atoms with van der Waals surface area (Å²) in [5.41, 5.74) is 0.900. The molecule has 0 aliphatic carbocycles. The summed E-state index contributed by atoms with van der Waals surface area (Å²) in [5, 5.41) is 12.9. The second kappa shape index (κ2) is 4.80. The topological polar surface area (TPSA) is 72.6 Å². The van der Waals surface area contributed by atoms with E-state index < -0.39 is 0 Å². The number of hydrogen-bond donors (Lipinski definition) is 1. The maximum absolute atomic E-state index is 8.55. The maximum atomic E-state index is 8.55. The lowest BCUT2D eigenvalue weighted by molar-refractivity contribution is 0.615. The molecule has 5 nitrogen and oxygen atoms in total. The van der Waals surface area contributed by atoms with Gasteiger partial charge in [0.15, 0.2) is 5.82 Å². The van der Waals surface area contributed by atoms with E-state index in [0.29, 0.717) is 23.6 Å². The zero-order chi connectivity index (χ0) is 12.3. The highest BCUT2D eigenvalue weighted by atomic mass is 32.1. The third-order valence-corrected chi connectivity index (χ3v) is 2.75. The number of aromatic nitrogens is 3. The lowest BCUT2D eigenvalue weighted by atomic mass is 10.2. The lowest BCUT2D eigenvalue weighted by Gasteiger charge is -1.98. The number of nitrogens with zero attached hydrogens (tertiary/aromatic N) is 4. The first-order valence-corrected chi connectivity index (χ1v) is 5.52. The SMILES string of the molecule is N#CCCn1nc(-c2ccccc2)n(N)c1=S. The first-order chi connectivity index (χ1) is 8.24. The monoisotopic (exact) mass is 245 g/mol. The summed E-state index contributed by atoms with van der Waals surface area (Å²) in [5.74, 6) is 6.46. The molecule has 0 spiro atoms. The fourth-order valence-electron chi connectivity index (χ4n) is 1.51. The average molecular weight is 245 g/mol. The molecule has 2 rings (SSSR count). The quantitative estimate of drug-likeness (QED) is 0.660. The van der Waals surface area contributed by atoms with Crippen LogP contribution >= 0.6 is 12.2 Å². The summed E-state index contributed by atoms with van der Waals surface area (Å²) in [7, 11) is 0. The summed E-state index contributed by atoms with van der Waals surface area (Å²) in [6.45, 7) is 0.458. The Bertz CT molecular complexity index is 605. The second-order valence-corrected chi connectivity index (χ2v) is 3.84. The maximum Gasteiger partial charge on any atom is 0.217 e. The molecule has 0 fully saturated rings. The Labute approximate surface area is 104 Å². The van der Waals surface area contributed by atoms with Crippen LogP contribution in [0.15, 0.2) is 30.3 Å². The summed E-state index contributed by atoms with van der Waals surface area (Å²) >= 11 is 5.16. The molecule has 1 aromatic heterocycles. The third-order valence-electron chi connectivity index (χ3n) is 2.34. The normalized spacial score (nSPS) is 10.1. The van der Waals surface area contributed by atoms with Gasteiger partial charge in [0.25, 0.3) is 0 Å². The number of rotatable bonds is 3. The van der Waals surface area contributed by atoms with Crippen molar-refractivity contribution in [3.8, 4) is 17.5 Å². The van der Waals surface area contributed by atoms with Gasteiger partial charge in [0.05, 0.1) is 19.0 Å². The van der Waals surface area contributed by atoms with Gasteiger partial charge in [-0.3, -0.25) is 0 Å². The molecule has 0 saturated carbocycles. The minimum absolute atomic E-state index is 0.361. The predicted octanol–water partition coefficient (Wildman–Crippen LogP) is 1.71. The Morgan fingerprint density at radius 2 is 2.06 bits per heavy atom. The van der Waals surface area contributed by atoms with Crippen molar-refractivity contribution in [2.24, 2.45) is 0 Å². The van der Waals surface area contributed by atoms with Crippen LogP contribution in [-0.4, -0.2) is 14.5 Å². The summed E-state index contributed by atoms with van der Waals surface area (Å²) < 4.78 is 3.35. The van der Waals surface area contributed by atoms with Crippen LogP contribution in [0.2, 0.25) is 0 Å². The Morgan fingerprint density at radius 3 is 2.71 bits per heavy atom. The van der Waals surface area contributed by atoms with Crippen LogP contribution in [0.3, 0.4) is 0 Å². The molecular formula is C11H11N5S. The molecular weight excluding hydrogens is 234 g/mol. The van der Waals surface area contributed by atoms with Crippen molar-refractivity contribution in [3.63, 3.8) is 0 Å². The van der Waals surface area contributed by atoms with E-state index in [1.54, 1.807) is 4.68 Å². The van der Waals surface area contributed by atoms with Gasteiger partial charge < -0.3 is 5.84 Å². The van der Waals surface area contributed by atoms with Crippen molar-refractivity contribution in [2.45, 2.75) is 13.0 Å². The van der Waals surface area contributed by atoms with E-state index in [4.69, 9.17) is 23.3 Å². The highest BCUT2D eigenvalue weighted by molar-refractivity contribution is 7.71. The number of nitriles is 1. The molecule has 86 valence electrons. The molecule has 1 heterocycles. The Balaban J connectivity index is 2.44. The minimum atomic E-state index is 0.361. The molecule has 0 aliphatic rings. The fraction of sp³-hybridized carbons (Fsp3) is 0.182. The molecule has 2 aromatic rings. The number of benzene rings is 1. The first kappa shape index (κ1) is 11.4. The van der Waals surface area contributed by atoms with E-state index in [1.807, 2.05) is 30.3 Å². The van der Waals surface area contributed by atoms with Crippen LogP contribution in [-0.2, 0) is 6.54 Å². The largest absolute Gasteiger partial charge is 0.335 e. The molecule has 0 amide bonds. The number of aryl methyl sites for hydroxylation is 1. The van der Waals surface area contributed by atoms with Crippen LogP contribution in [0.5, 0.6) is 0 Å². The fourth-order valence-corrected chi connectivity index (χ4v) is 1.72. The van der Waals surface area contributed by atoms with Crippen LogP contribution in [0.4, 0.5) is 0 Å². The van der Waals surface area contributed by atoms with Crippen molar-refractivity contribution in [3.05, 3.63) is 35.1 Å². The summed E-state index contributed by atoms with van der Waals surface area (Å²) in [4.78, 5) is 0. The van der Waals surface area contributed by atoms with Crippen LogP contribution in [0.25, 0.3) is 11.4 Å². The van der Waals surface area contributed by atoms with Crippen LogP contribution in [0.1, 0.15) is 6.42 Å². The van der Waals surface area contributed by atoms with E-state index in [0.717, 1.165) is 5.56 Å². The van der Waals surface area contributed by atoms with Gasteiger partial charge >= 0.3 is 0 Å². The van der Waals surface area contributed by atoms with Crippen molar-refractivity contribution >= 4 is 12.2 Å². The lowest BCUT2D eigenvalue weighted by Crippen LogP contribution is -2.10. The minimum Gasteiger partial charge on any atom is -0.335 e. The first-order valence-electron chi connectivity index (χ1n) is 5.11. The Hall–Kier alpha value is -2.13. The van der Waals surface area contributed by atoms with Gasteiger partial charge in [0.1, 0.15) is 0 Å². The third kappa shape index (κ3) is 2.19. The van der Waals surface area contributed by atoms with Crippen molar-refractivity contribution in [1.82, 2.24) is 14.5 Å². The molecule has 0 unspecified atom stereocenters.